The lowest BCUT2D eigenvalue weighted by Gasteiger charge is -2.30. The Balaban J connectivity index is 2.03. The maximum Gasteiger partial charge on any atom is 0.216 e. The summed E-state index contributed by atoms with van der Waals surface area (Å²) >= 11 is 0. The Morgan fingerprint density at radius 3 is 2.36 bits per heavy atom. The van der Waals surface area contributed by atoms with Crippen molar-refractivity contribution in [1.29, 1.82) is 5.26 Å². The number of para-hydroxylation sites is 1. The second kappa shape index (κ2) is 7.51. The van der Waals surface area contributed by atoms with E-state index in [4.69, 9.17) is 4.74 Å². The van der Waals surface area contributed by atoms with Crippen molar-refractivity contribution < 1.29 is 13.2 Å². The summed E-state index contributed by atoms with van der Waals surface area (Å²) in [6, 6.07) is 17.4. The van der Waals surface area contributed by atoms with Crippen LogP contribution in [0.5, 0.6) is 0 Å². The summed E-state index contributed by atoms with van der Waals surface area (Å²) in [6.45, 7) is 2.73. The third-order valence-corrected chi connectivity index (χ3v) is 5.71. The van der Waals surface area contributed by atoms with Crippen LogP contribution in [0.2, 0.25) is 0 Å². The van der Waals surface area contributed by atoms with Crippen molar-refractivity contribution in [2.24, 2.45) is 0 Å². The van der Waals surface area contributed by atoms with Gasteiger partial charge in [-0.3, -0.25) is 0 Å². The molecule has 1 aliphatic rings. The van der Waals surface area contributed by atoms with Gasteiger partial charge in [0.05, 0.1) is 18.1 Å². The van der Waals surface area contributed by atoms with Crippen molar-refractivity contribution in [3.63, 3.8) is 0 Å². The minimum Gasteiger partial charge on any atom is -0.378 e. The first-order valence-electron chi connectivity index (χ1n) is 7.96. The Morgan fingerprint density at radius 1 is 1.04 bits per heavy atom. The molecule has 0 N–H and O–H groups in total. The van der Waals surface area contributed by atoms with Crippen LogP contribution in [0.15, 0.2) is 64.4 Å². The summed E-state index contributed by atoms with van der Waals surface area (Å²) in [5.74, 6) is 0. The molecule has 0 unspecified atom stereocenters. The van der Waals surface area contributed by atoms with Crippen LogP contribution in [-0.4, -0.2) is 34.7 Å². The molecule has 0 bridgehead atoms. The molecular formula is C19H18N2O3S. The Bertz CT molecular complexity index is 909. The van der Waals surface area contributed by atoms with Crippen LogP contribution in [0, 0.1) is 11.3 Å². The molecule has 2 aromatic rings. The van der Waals surface area contributed by atoms with Gasteiger partial charge >= 0.3 is 0 Å². The van der Waals surface area contributed by atoms with Crippen molar-refractivity contribution >= 4 is 21.6 Å². The molecule has 2 aromatic carbocycles. The first kappa shape index (κ1) is 17.2. The number of nitrogens with zero attached hydrogens (tertiary/aromatic N) is 2. The summed E-state index contributed by atoms with van der Waals surface area (Å²) in [4.78, 5) is 1.99. The van der Waals surface area contributed by atoms with E-state index in [0.29, 0.717) is 18.8 Å². The van der Waals surface area contributed by atoms with E-state index in [1.54, 1.807) is 18.2 Å². The number of allylic oxidation sites excluding steroid dienone is 1. The van der Waals surface area contributed by atoms with E-state index in [0.717, 1.165) is 18.8 Å². The molecule has 0 spiro atoms. The highest BCUT2D eigenvalue weighted by Crippen LogP contribution is 2.27. The SMILES string of the molecule is N#C/C(=C\c1ccccc1N1CCOCC1)S(=O)(=O)c1ccccc1. The van der Waals surface area contributed by atoms with E-state index in [1.165, 1.54) is 18.2 Å². The van der Waals surface area contributed by atoms with Crippen molar-refractivity contribution in [3.8, 4) is 6.07 Å². The van der Waals surface area contributed by atoms with Gasteiger partial charge in [0.25, 0.3) is 0 Å². The van der Waals surface area contributed by atoms with E-state index in [2.05, 4.69) is 4.90 Å². The largest absolute Gasteiger partial charge is 0.378 e. The van der Waals surface area contributed by atoms with Gasteiger partial charge in [0.2, 0.25) is 9.84 Å². The maximum absolute atomic E-state index is 12.7. The summed E-state index contributed by atoms with van der Waals surface area (Å²) in [7, 11) is -3.84. The minimum atomic E-state index is -3.84. The van der Waals surface area contributed by atoms with Crippen molar-refractivity contribution in [3.05, 3.63) is 65.1 Å². The molecule has 0 amide bonds. The molecule has 6 heteroatoms. The van der Waals surface area contributed by atoms with Crippen molar-refractivity contribution in [1.82, 2.24) is 0 Å². The van der Waals surface area contributed by atoms with Crippen LogP contribution in [-0.2, 0) is 14.6 Å². The summed E-state index contributed by atoms with van der Waals surface area (Å²) in [6.07, 6.45) is 1.45. The number of nitriles is 1. The number of benzene rings is 2. The molecule has 5 nitrogen and oxygen atoms in total. The summed E-state index contributed by atoms with van der Waals surface area (Å²) in [5, 5.41) is 9.45. The number of hydrogen-bond acceptors (Lipinski definition) is 5. The van der Waals surface area contributed by atoms with E-state index < -0.39 is 9.84 Å². The zero-order valence-corrected chi connectivity index (χ0v) is 14.4. The number of rotatable bonds is 4. The lowest BCUT2D eigenvalue weighted by molar-refractivity contribution is 0.122. The second-order valence-corrected chi connectivity index (χ2v) is 7.51. The smallest absolute Gasteiger partial charge is 0.216 e. The first-order valence-corrected chi connectivity index (χ1v) is 9.45. The number of morpholine rings is 1. The summed E-state index contributed by atoms with van der Waals surface area (Å²) in [5.41, 5.74) is 1.61. The summed E-state index contributed by atoms with van der Waals surface area (Å²) < 4.78 is 30.8. The predicted molar refractivity (Wildman–Crippen MR) is 96.7 cm³/mol. The molecule has 0 atom stereocenters. The molecular weight excluding hydrogens is 336 g/mol. The molecule has 25 heavy (non-hydrogen) atoms. The molecule has 1 saturated heterocycles. The third-order valence-electron chi connectivity index (χ3n) is 4.03. The third kappa shape index (κ3) is 3.73. The van der Waals surface area contributed by atoms with Crippen LogP contribution in [0.1, 0.15) is 5.56 Å². The predicted octanol–water partition coefficient (Wildman–Crippen LogP) is 2.86. The Kier molecular flexibility index (Phi) is 5.17. The van der Waals surface area contributed by atoms with Gasteiger partial charge in [-0.1, -0.05) is 36.4 Å². The van der Waals surface area contributed by atoms with Gasteiger partial charge in [-0.05, 0) is 29.8 Å². The molecule has 0 aromatic heterocycles. The van der Waals surface area contributed by atoms with Gasteiger partial charge in [0, 0.05) is 18.8 Å². The number of hydrogen-bond donors (Lipinski definition) is 0. The minimum absolute atomic E-state index is 0.117. The van der Waals surface area contributed by atoms with Crippen LogP contribution >= 0.6 is 0 Å². The Hall–Kier alpha value is -2.62. The molecule has 0 aliphatic carbocycles. The number of ether oxygens (including phenoxy) is 1. The van der Waals surface area contributed by atoms with E-state index in [-0.39, 0.29) is 9.80 Å². The highest BCUT2D eigenvalue weighted by atomic mass is 32.2. The normalized spacial score (nSPS) is 15.6. The quantitative estimate of drug-likeness (QED) is 0.790. The highest BCUT2D eigenvalue weighted by molar-refractivity contribution is 7.95. The van der Waals surface area contributed by atoms with E-state index >= 15 is 0 Å². The zero-order chi connectivity index (χ0) is 17.7. The fraction of sp³-hybridized carbons (Fsp3) is 0.211. The average Bonchev–Trinajstić information content (AvgIpc) is 2.67. The molecule has 1 aliphatic heterocycles. The Morgan fingerprint density at radius 2 is 1.68 bits per heavy atom. The topological polar surface area (TPSA) is 70.4 Å². The van der Waals surface area contributed by atoms with E-state index in [9.17, 15) is 13.7 Å². The highest BCUT2D eigenvalue weighted by Gasteiger charge is 2.21. The Labute approximate surface area is 147 Å². The maximum atomic E-state index is 12.7. The molecule has 0 saturated carbocycles. The zero-order valence-electron chi connectivity index (χ0n) is 13.6. The second-order valence-electron chi connectivity index (χ2n) is 5.60. The molecule has 3 rings (SSSR count). The fourth-order valence-corrected chi connectivity index (χ4v) is 3.91. The molecule has 0 radical (unpaired) electrons. The number of anilines is 1. The molecule has 128 valence electrons. The fourth-order valence-electron chi connectivity index (χ4n) is 2.74. The van der Waals surface area contributed by atoms with Gasteiger partial charge in [0.15, 0.2) is 0 Å². The van der Waals surface area contributed by atoms with Crippen molar-refractivity contribution in [2.45, 2.75) is 4.90 Å². The van der Waals surface area contributed by atoms with E-state index in [1.807, 2.05) is 30.3 Å². The number of sulfone groups is 1. The van der Waals surface area contributed by atoms with Crippen LogP contribution in [0.3, 0.4) is 0 Å². The van der Waals surface area contributed by atoms with Crippen LogP contribution in [0.25, 0.3) is 6.08 Å². The van der Waals surface area contributed by atoms with Gasteiger partial charge < -0.3 is 9.64 Å². The molecule has 1 fully saturated rings. The average molecular weight is 354 g/mol. The van der Waals surface area contributed by atoms with Crippen LogP contribution < -0.4 is 4.90 Å². The van der Waals surface area contributed by atoms with Gasteiger partial charge in [-0.15, -0.1) is 0 Å². The van der Waals surface area contributed by atoms with Crippen LogP contribution in [0.4, 0.5) is 5.69 Å². The standard InChI is InChI=1S/C19H18N2O3S/c20-15-18(25(22,23)17-7-2-1-3-8-17)14-16-6-4-5-9-19(16)21-10-12-24-13-11-21/h1-9,14H,10-13H2/b18-14+. The van der Waals surface area contributed by atoms with Gasteiger partial charge in [-0.2, -0.15) is 5.26 Å². The lowest BCUT2D eigenvalue weighted by atomic mass is 10.1. The monoisotopic (exact) mass is 354 g/mol. The first-order chi connectivity index (χ1) is 12.1. The molecule has 1 heterocycles. The van der Waals surface area contributed by atoms with Crippen molar-refractivity contribution in [2.75, 3.05) is 31.2 Å². The van der Waals surface area contributed by atoms with Gasteiger partial charge in [0.1, 0.15) is 11.0 Å². The van der Waals surface area contributed by atoms with Gasteiger partial charge in [-0.25, -0.2) is 8.42 Å². The lowest BCUT2D eigenvalue weighted by Crippen LogP contribution is -2.36.